The molecular formula is C15H22N2O3. The van der Waals surface area contributed by atoms with Gasteiger partial charge in [-0.3, -0.25) is 14.8 Å². The third-order valence-electron chi connectivity index (χ3n) is 4.22. The summed E-state index contributed by atoms with van der Waals surface area (Å²) in [5.41, 5.74) is 1.02. The Kier molecular flexibility index (Phi) is 4.70. The molecule has 2 rings (SSSR count). The number of hydrogen-bond donors (Lipinski definition) is 0. The molecule has 0 saturated heterocycles. The van der Waals surface area contributed by atoms with Gasteiger partial charge in [0, 0.05) is 13.3 Å². The molecule has 0 spiro atoms. The van der Waals surface area contributed by atoms with Gasteiger partial charge in [0.1, 0.15) is 6.61 Å². The molecule has 1 unspecified atom stereocenters. The van der Waals surface area contributed by atoms with Crippen molar-refractivity contribution in [2.75, 3.05) is 7.11 Å². The second kappa shape index (κ2) is 6.31. The van der Waals surface area contributed by atoms with Gasteiger partial charge in [-0.2, -0.15) is 0 Å². The summed E-state index contributed by atoms with van der Waals surface area (Å²) in [6.07, 6.45) is 6.96. The molecule has 0 N–H and O–H groups in total. The van der Waals surface area contributed by atoms with Crippen LogP contribution in [0, 0.1) is 12.3 Å². The standard InChI is InChI=1S/C15H22N2O3/c1-11-8-17-13(9-16-11)10-20-14(18)15(12(2)19-3)6-4-5-7-15/h8-9,12H,4-7,10H2,1-3H3. The van der Waals surface area contributed by atoms with Crippen LogP contribution in [0.15, 0.2) is 12.4 Å². The van der Waals surface area contributed by atoms with Gasteiger partial charge in [-0.25, -0.2) is 0 Å². The number of carbonyl (C=O) groups is 1. The van der Waals surface area contributed by atoms with Gasteiger partial charge in [-0.1, -0.05) is 12.8 Å². The largest absolute Gasteiger partial charge is 0.459 e. The SMILES string of the molecule is COC(C)C1(C(=O)OCc2cnc(C)cn2)CCCC1. The minimum atomic E-state index is -0.493. The summed E-state index contributed by atoms with van der Waals surface area (Å²) in [7, 11) is 1.64. The molecular weight excluding hydrogens is 256 g/mol. The number of aryl methyl sites for hydroxylation is 1. The maximum Gasteiger partial charge on any atom is 0.315 e. The number of rotatable bonds is 5. The molecule has 110 valence electrons. The highest BCUT2D eigenvalue weighted by molar-refractivity contribution is 5.78. The maximum atomic E-state index is 12.5. The Morgan fingerprint density at radius 3 is 2.60 bits per heavy atom. The van der Waals surface area contributed by atoms with Gasteiger partial charge in [0.05, 0.1) is 29.1 Å². The molecule has 1 aliphatic rings. The monoisotopic (exact) mass is 278 g/mol. The second-order valence-electron chi connectivity index (χ2n) is 5.47. The van der Waals surface area contributed by atoms with E-state index in [0.717, 1.165) is 31.4 Å². The van der Waals surface area contributed by atoms with Crippen LogP contribution in [-0.4, -0.2) is 29.2 Å². The number of ether oxygens (including phenoxy) is 2. The molecule has 0 radical (unpaired) electrons. The first kappa shape index (κ1) is 14.9. The van der Waals surface area contributed by atoms with E-state index in [4.69, 9.17) is 9.47 Å². The van der Waals surface area contributed by atoms with E-state index in [-0.39, 0.29) is 18.7 Å². The van der Waals surface area contributed by atoms with Crippen molar-refractivity contribution >= 4 is 5.97 Å². The van der Waals surface area contributed by atoms with Gasteiger partial charge in [-0.15, -0.1) is 0 Å². The Morgan fingerprint density at radius 2 is 2.05 bits per heavy atom. The van der Waals surface area contributed by atoms with E-state index in [1.54, 1.807) is 19.5 Å². The van der Waals surface area contributed by atoms with E-state index in [2.05, 4.69) is 9.97 Å². The van der Waals surface area contributed by atoms with Gasteiger partial charge in [0.2, 0.25) is 0 Å². The van der Waals surface area contributed by atoms with Crippen molar-refractivity contribution in [2.45, 2.75) is 52.2 Å². The fourth-order valence-corrected chi connectivity index (χ4v) is 2.79. The molecule has 1 fully saturated rings. The second-order valence-corrected chi connectivity index (χ2v) is 5.47. The maximum absolute atomic E-state index is 12.5. The average molecular weight is 278 g/mol. The normalized spacial score (nSPS) is 18.8. The van der Waals surface area contributed by atoms with Crippen molar-refractivity contribution in [2.24, 2.45) is 5.41 Å². The topological polar surface area (TPSA) is 61.3 Å². The Hall–Kier alpha value is -1.49. The van der Waals surface area contributed by atoms with Crippen molar-refractivity contribution in [3.05, 3.63) is 23.8 Å². The first-order valence-corrected chi connectivity index (χ1v) is 7.06. The number of aromatic nitrogens is 2. The van der Waals surface area contributed by atoms with Crippen molar-refractivity contribution in [3.63, 3.8) is 0 Å². The lowest BCUT2D eigenvalue weighted by molar-refractivity contribution is -0.165. The van der Waals surface area contributed by atoms with Gasteiger partial charge >= 0.3 is 5.97 Å². The summed E-state index contributed by atoms with van der Waals surface area (Å²) >= 11 is 0. The molecule has 1 aliphatic carbocycles. The Balaban J connectivity index is 2.00. The summed E-state index contributed by atoms with van der Waals surface area (Å²) in [5, 5.41) is 0. The van der Waals surface area contributed by atoms with Gasteiger partial charge in [0.15, 0.2) is 0 Å². The molecule has 1 heterocycles. The van der Waals surface area contributed by atoms with Gasteiger partial charge in [0.25, 0.3) is 0 Å². The molecule has 0 aliphatic heterocycles. The van der Waals surface area contributed by atoms with E-state index in [9.17, 15) is 4.79 Å². The Bertz CT molecular complexity index is 453. The van der Waals surface area contributed by atoms with E-state index in [1.165, 1.54) is 0 Å². The van der Waals surface area contributed by atoms with Crippen LogP contribution >= 0.6 is 0 Å². The van der Waals surface area contributed by atoms with Crippen LogP contribution in [0.1, 0.15) is 44.0 Å². The summed E-state index contributed by atoms with van der Waals surface area (Å²) in [4.78, 5) is 20.8. The Labute approximate surface area is 119 Å². The number of methoxy groups -OCH3 is 1. The minimum Gasteiger partial charge on any atom is -0.459 e. The van der Waals surface area contributed by atoms with Crippen LogP contribution in [0.5, 0.6) is 0 Å². The molecule has 5 heteroatoms. The predicted octanol–water partition coefficient (Wildman–Crippen LogP) is 2.42. The van der Waals surface area contributed by atoms with E-state index < -0.39 is 5.41 Å². The van der Waals surface area contributed by atoms with Crippen LogP contribution in [0.4, 0.5) is 0 Å². The lowest BCUT2D eigenvalue weighted by Gasteiger charge is -2.31. The molecule has 20 heavy (non-hydrogen) atoms. The van der Waals surface area contributed by atoms with Gasteiger partial charge < -0.3 is 9.47 Å². The quantitative estimate of drug-likeness (QED) is 0.774. The fourth-order valence-electron chi connectivity index (χ4n) is 2.79. The zero-order valence-corrected chi connectivity index (χ0v) is 12.4. The number of carbonyl (C=O) groups excluding carboxylic acids is 1. The highest BCUT2D eigenvalue weighted by atomic mass is 16.5. The first-order chi connectivity index (χ1) is 9.58. The highest BCUT2D eigenvalue weighted by Gasteiger charge is 2.47. The van der Waals surface area contributed by atoms with E-state index in [1.807, 2.05) is 13.8 Å². The molecule has 5 nitrogen and oxygen atoms in total. The third-order valence-corrected chi connectivity index (χ3v) is 4.22. The zero-order chi connectivity index (χ0) is 14.6. The summed E-state index contributed by atoms with van der Waals surface area (Å²) in [6.45, 7) is 3.99. The van der Waals surface area contributed by atoms with Crippen LogP contribution < -0.4 is 0 Å². The third kappa shape index (κ3) is 2.98. The molecule has 0 amide bonds. The van der Waals surface area contributed by atoms with Crippen molar-refractivity contribution in [1.82, 2.24) is 9.97 Å². The molecule has 1 atom stereocenters. The predicted molar refractivity (Wildman–Crippen MR) is 73.9 cm³/mol. The molecule has 1 aromatic heterocycles. The van der Waals surface area contributed by atoms with E-state index >= 15 is 0 Å². The van der Waals surface area contributed by atoms with Crippen LogP contribution in [0.25, 0.3) is 0 Å². The lowest BCUT2D eigenvalue weighted by atomic mass is 9.81. The Morgan fingerprint density at radius 1 is 1.35 bits per heavy atom. The smallest absolute Gasteiger partial charge is 0.315 e. The number of esters is 1. The molecule has 1 aromatic rings. The van der Waals surface area contributed by atoms with Crippen LogP contribution in [-0.2, 0) is 20.9 Å². The average Bonchev–Trinajstić information content (AvgIpc) is 2.96. The molecule has 1 saturated carbocycles. The van der Waals surface area contributed by atoms with E-state index in [0.29, 0.717) is 5.69 Å². The van der Waals surface area contributed by atoms with Crippen molar-refractivity contribution < 1.29 is 14.3 Å². The fraction of sp³-hybridized carbons (Fsp3) is 0.667. The summed E-state index contributed by atoms with van der Waals surface area (Å²) in [5.74, 6) is -0.174. The zero-order valence-electron chi connectivity index (χ0n) is 12.4. The molecule has 0 bridgehead atoms. The summed E-state index contributed by atoms with van der Waals surface area (Å²) < 4.78 is 10.9. The molecule has 0 aromatic carbocycles. The minimum absolute atomic E-state index is 0.124. The lowest BCUT2D eigenvalue weighted by Crippen LogP contribution is -2.41. The van der Waals surface area contributed by atoms with Crippen LogP contribution in [0.3, 0.4) is 0 Å². The highest BCUT2D eigenvalue weighted by Crippen LogP contribution is 2.43. The number of hydrogen-bond acceptors (Lipinski definition) is 5. The number of nitrogens with zero attached hydrogens (tertiary/aromatic N) is 2. The first-order valence-electron chi connectivity index (χ1n) is 7.06. The van der Waals surface area contributed by atoms with Gasteiger partial charge in [-0.05, 0) is 26.7 Å². The summed E-state index contributed by atoms with van der Waals surface area (Å²) in [6, 6.07) is 0. The van der Waals surface area contributed by atoms with Crippen molar-refractivity contribution in [1.29, 1.82) is 0 Å². The van der Waals surface area contributed by atoms with Crippen molar-refractivity contribution in [3.8, 4) is 0 Å². The van der Waals surface area contributed by atoms with Crippen LogP contribution in [0.2, 0.25) is 0 Å².